The summed E-state index contributed by atoms with van der Waals surface area (Å²) in [5, 5.41) is 14.7. The van der Waals surface area contributed by atoms with Crippen molar-refractivity contribution in [2.75, 3.05) is 26.7 Å². The Morgan fingerprint density at radius 1 is 1.08 bits per heavy atom. The maximum atomic E-state index is 13.2. The largest absolute Gasteiger partial charge is 0.465 e. The van der Waals surface area contributed by atoms with E-state index in [9.17, 15) is 45.5 Å². The van der Waals surface area contributed by atoms with E-state index in [2.05, 4.69) is 15.4 Å². The number of rotatable bonds is 5. The van der Waals surface area contributed by atoms with E-state index in [-0.39, 0.29) is 24.9 Å². The fourth-order valence-corrected chi connectivity index (χ4v) is 3.80. The summed E-state index contributed by atoms with van der Waals surface area (Å²) in [4.78, 5) is 54.8. The predicted octanol–water partition coefficient (Wildman–Crippen LogP) is 2.15. The molecule has 208 valence electrons. The number of alkyl halides is 6. The SMILES string of the molecule is CN1C(=O)N(CC(=O)N2CC(NC(=O)O)C2)C(=O)C1=Cn1cnc(-c2cc(C(F)(F)F)cc(C(F)(F)F)c2)n1. The highest BCUT2D eigenvalue weighted by molar-refractivity contribution is 6.14. The number of urea groups is 1. The minimum Gasteiger partial charge on any atom is -0.465 e. The fourth-order valence-electron chi connectivity index (χ4n) is 3.80. The second kappa shape index (κ2) is 9.59. The third-order valence-corrected chi connectivity index (χ3v) is 5.81. The first kappa shape index (κ1) is 27.4. The number of hydrogen-bond acceptors (Lipinski definition) is 6. The van der Waals surface area contributed by atoms with Gasteiger partial charge in [-0.15, -0.1) is 5.10 Å². The molecule has 0 atom stereocenters. The quantitative estimate of drug-likeness (QED) is 0.324. The van der Waals surface area contributed by atoms with Crippen LogP contribution in [0.4, 0.5) is 35.9 Å². The van der Waals surface area contributed by atoms with Crippen LogP contribution < -0.4 is 5.32 Å². The van der Waals surface area contributed by atoms with E-state index in [1.807, 2.05) is 0 Å². The Balaban J connectivity index is 1.53. The number of nitrogens with one attached hydrogen (secondary N) is 1. The third-order valence-electron chi connectivity index (χ3n) is 5.81. The maximum Gasteiger partial charge on any atom is 0.416 e. The van der Waals surface area contributed by atoms with Crippen molar-refractivity contribution in [1.82, 2.24) is 34.8 Å². The van der Waals surface area contributed by atoms with Gasteiger partial charge in [0.25, 0.3) is 5.91 Å². The van der Waals surface area contributed by atoms with Gasteiger partial charge in [-0.25, -0.2) is 24.2 Å². The molecular weight excluding hydrogens is 544 g/mol. The summed E-state index contributed by atoms with van der Waals surface area (Å²) in [6, 6.07) is -0.525. The van der Waals surface area contributed by atoms with Crippen molar-refractivity contribution in [1.29, 1.82) is 0 Å². The Morgan fingerprint density at radius 2 is 1.67 bits per heavy atom. The molecule has 1 aromatic heterocycles. The van der Waals surface area contributed by atoms with Crippen molar-refractivity contribution in [3.05, 3.63) is 41.4 Å². The molecule has 4 rings (SSSR count). The molecule has 2 aliphatic rings. The molecule has 0 radical (unpaired) electrons. The molecule has 18 heteroatoms. The Bertz CT molecular complexity index is 1350. The first-order valence-corrected chi connectivity index (χ1v) is 10.8. The number of imide groups is 1. The van der Waals surface area contributed by atoms with Crippen LogP contribution in [-0.4, -0.2) is 91.2 Å². The average molecular weight is 561 g/mol. The van der Waals surface area contributed by atoms with Gasteiger partial charge < -0.3 is 15.3 Å². The minimum atomic E-state index is -5.08. The molecule has 0 bridgehead atoms. The first-order valence-electron chi connectivity index (χ1n) is 10.8. The molecule has 12 nitrogen and oxygen atoms in total. The smallest absolute Gasteiger partial charge is 0.416 e. The second-order valence-corrected chi connectivity index (χ2v) is 8.54. The number of nitrogens with zero attached hydrogens (tertiary/aromatic N) is 6. The van der Waals surface area contributed by atoms with Crippen molar-refractivity contribution < 1.29 is 50.6 Å². The van der Waals surface area contributed by atoms with Crippen LogP contribution in [0.15, 0.2) is 30.2 Å². The number of carbonyl (C=O) groups excluding carboxylic acids is 3. The van der Waals surface area contributed by atoms with Gasteiger partial charge >= 0.3 is 24.5 Å². The van der Waals surface area contributed by atoms with E-state index in [4.69, 9.17) is 5.11 Å². The molecule has 2 saturated heterocycles. The summed E-state index contributed by atoms with van der Waals surface area (Å²) in [7, 11) is 1.20. The van der Waals surface area contributed by atoms with Gasteiger partial charge in [-0.05, 0) is 18.2 Å². The number of halogens is 6. The highest BCUT2D eigenvalue weighted by Gasteiger charge is 2.42. The summed E-state index contributed by atoms with van der Waals surface area (Å²) in [5.41, 5.74) is -4.02. The molecule has 2 aromatic rings. The molecule has 2 N–H and O–H groups in total. The molecule has 0 unspecified atom stereocenters. The minimum absolute atomic E-state index is 0.0425. The summed E-state index contributed by atoms with van der Waals surface area (Å²) in [6.07, 6.45) is -9.55. The summed E-state index contributed by atoms with van der Waals surface area (Å²) < 4.78 is 79.8. The van der Waals surface area contributed by atoms with Crippen LogP contribution in [0.3, 0.4) is 0 Å². The Kier molecular flexibility index (Phi) is 6.74. The summed E-state index contributed by atoms with van der Waals surface area (Å²) >= 11 is 0. The van der Waals surface area contributed by atoms with E-state index >= 15 is 0 Å². The lowest BCUT2D eigenvalue weighted by Crippen LogP contribution is -2.62. The van der Waals surface area contributed by atoms with Crippen LogP contribution in [0.2, 0.25) is 0 Å². The second-order valence-electron chi connectivity index (χ2n) is 8.54. The van der Waals surface area contributed by atoms with Gasteiger partial charge in [-0.1, -0.05) is 0 Å². The van der Waals surface area contributed by atoms with Gasteiger partial charge in [0, 0.05) is 25.7 Å². The zero-order chi connectivity index (χ0) is 28.9. The van der Waals surface area contributed by atoms with E-state index in [0.29, 0.717) is 17.0 Å². The molecule has 0 spiro atoms. The van der Waals surface area contributed by atoms with Crippen molar-refractivity contribution in [3.8, 4) is 11.4 Å². The number of amides is 5. The molecule has 2 fully saturated rings. The van der Waals surface area contributed by atoms with Gasteiger partial charge in [0.1, 0.15) is 18.6 Å². The molecule has 39 heavy (non-hydrogen) atoms. The zero-order valence-electron chi connectivity index (χ0n) is 19.6. The number of likely N-dealkylation sites (N-methyl/N-ethyl adjacent to an activating group) is 1. The Labute approximate surface area is 214 Å². The first-order chi connectivity index (χ1) is 18.0. The predicted molar refractivity (Wildman–Crippen MR) is 116 cm³/mol. The zero-order valence-corrected chi connectivity index (χ0v) is 19.6. The summed E-state index contributed by atoms with van der Waals surface area (Å²) in [6.45, 7) is -0.549. The van der Waals surface area contributed by atoms with E-state index in [1.165, 1.54) is 11.9 Å². The van der Waals surface area contributed by atoms with E-state index in [1.54, 1.807) is 0 Å². The Hall–Kier alpha value is -4.64. The van der Waals surface area contributed by atoms with Gasteiger partial charge in [-0.3, -0.25) is 14.5 Å². The highest BCUT2D eigenvalue weighted by atomic mass is 19.4. The normalized spacial score (nSPS) is 17.7. The van der Waals surface area contributed by atoms with Gasteiger partial charge in [0.15, 0.2) is 5.82 Å². The third kappa shape index (κ3) is 5.63. The molecule has 0 saturated carbocycles. The van der Waals surface area contributed by atoms with Crippen LogP contribution in [0, 0.1) is 0 Å². The van der Waals surface area contributed by atoms with Gasteiger partial charge in [0.05, 0.1) is 23.4 Å². The molecule has 3 heterocycles. The van der Waals surface area contributed by atoms with E-state index < -0.39 is 71.4 Å². The topological polar surface area (TPSA) is 141 Å². The van der Waals surface area contributed by atoms with Gasteiger partial charge in [0.2, 0.25) is 5.91 Å². The van der Waals surface area contributed by atoms with Crippen molar-refractivity contribution in [2.45, 2.75) is 18.4 Å². The number of benzene rings is 1. The molecular formula is C21H17F6N7O5. The number of likely N-dealkylation sites (tertiary alicyclic amines) is 1. The lowest BCUT2D eigenvalue weighted by atomic mass is 10.0. The van der Waals surface area contributed by atoms with Crippen molar-refractivity contribution >= 4 is 30.1 Å². The number of hydrogen-bond donors (Lipinski definition) is 2. The molecule has 1 aromatic carbocycles. The molecule has 2 aliphatic heterocycles. The molecule has 5 amide bonds. The standard InChI is InChI=1S/C21H17F6N7O5/c1-31-14(17(36)34(19(31)39)8-15(35)32-5-13(6-32)29-18(37)38)7-33-9-28-16(30-33)10-2-11(20(22,23)24)4-12(3-10)21(25,26)27/h2-4,7,9,13,29H,5-6,8H2,1H3,(H,37,38). The van der Waals surface area contributed by atoms with Crippen molar-refractivity contribution in [2.24, 2.45) is 0 Å². The van der Waals surface area contributed by atoms with Crippen LogP contribution in [-0.2, 0) is 21.9 Å². The van der Waals surface area contributed by atoms with E-state index in [0.717, 1.165) is 22.1 Å². The van der Waals surface area contributed by atoms with Crippen molar-refractivity contribution in [3.63, 3.8) is 0 Å². The number of carboxylic acid groups (broad SMARTS) is 1. The van der Waals surface area contributed by atoms with Crippen LogP contribution in [0.1, 0.15) is 11.1 Å². The van der Waals surface area contributed by atoms with Crippen LogP contribution in [0.5, 0.6) is 0 Å². The molecule has 0 aliphatic carbocycles. The highest BCUT2D eigenvalue weighted by Crippen LogP contribution is 2.38. The lowest BCUT2D eigenvalue weighted by Gasteiger charge is -2.39. The van der Waals surface area contributed by atoms with Crippen LogP contribution >= 0.6 is 0 Å². The summed E-state index contributed by atoms with van der Waals surface area (Å²) in [5.74, 6) is -2.06. The lowest BCUT2D eigenvalue weighted by molar-refractivity contribution is -0.143. The monoisotopic (exact) mass is 561 g/mol. The average Bonchev–Trinajstić information content (AvgIpc) is 3.35. The number of aromatic nitrogens is 3. The van der Waals surface area contributed by atoms with Crippen LogP contribution in [0.25, 0.3) is 17.6 Å². The fraction of sp³-hybridized carbons (Fsp3) is 0.333. The Morgan fingerprint density at radius 3 is 2.21 bits per heavy atom. The van der Waals surface area contributed by atoms with Gasteiger partial charge in [-0.2, -0.15) is 26.3 Å². The number of carbonyl (C=O) groups is 4. The maximum absolute atomic E-state index is 13.2.